The monoisotopic (exact) mass is 225 g/mol. The van der Waals surface area contributed by atoms with Crippen LogP contribution >= 0.6 is 0 Å². The molecule has 1 fully saturated rings. The molecule has 5 heteroatoms. The van der Waals surface area contributed by atoms with E-state index in [1.54, 1.807) is 0 Å². The van der Waals surface area contributed by atoms with Crippen molar-refractivity contribution >= 4 is 6.09 Å². The smallest absolute Gasteiger partial charge is 0.407 e. The van der Waals surface area contributed by atoms with Crippen molar-refractivity contribution in [2.45, 2.75) is 32.4 Å². The fourth-order valence-corrected chi connectivity index (χ4v) is 1.74. The lowest BCUT2D eigenvalue weighted by atomic mass is 10.1. The second kappa shape index (κ2) is 4.71. The number of hydrogen-bond acceptors (Lipinski definition) is 4. The number of nitrogens with zero attached hydrogens (tertiary/aromatic N) is 2. The minimum Gasteiger partial charge on any atom is -0.444 e. The van der Waals surface area contributed by atoms with Crippen molar-refractivity contribution in [2.24, 2.45) is 5.92 Å². The number of rotatable bonds is 1. The number of likely N-dealkylation sites (tertiary alicyclic amines) is 1. The van der Waals surface area contributed by atoms with Gasteiger partial charge < -0.3 is 15.0 Å². The summed E-state index contributed by atoms with van der Waals surface area (Å²) in [7, 11) is 1.93. The molecule has 0 saturated carbocycles. The lowest BCUT2D eigenvalue weighted by Crippen LogP contribution is -2.42. The molecule has 2 atom stereocenters. The van der Waals surface area contributed by atoms with Gasteiger partial charge in [-0.1, -0.05) is 0 Å². The Hall–Kier alpha value is -1.28. The van der Waals surface area contributed by atoms with E-state index in [1.807, 2.05) is 32.7 Å². The van der Waals surface area contributed by atoms with E-state index in [0.717, 1.165) is 0 Å². The fourth-order valence-electron chi connectivity index (χ4n) is 1.74. The average Bonchev–Trinajstić information content (AvgIpc) is 2.42. The normalized spacial score (nSPS) is 26.2. The number of nitriles is 1. The molecule has 1 rings (SSSR count). The van der Waals surface area contributed by atoms with Crippen LogP contribution in [-0.4, -0.2) is 42.8 Å². The first-order chi connectivity index (χ1) is 7.31. The van der Waals surface area contributed by atoms with Gasteiger partial charge in [-0.25, -0.2) is 4.79 Å². The molecule has 5 nitrogen and oxygen atoms in total. The quantitative estimate of drug-likeness (QED) is 0.722. The first kappa shape index (κ1) is 12.8. The number of nitrogens with one attached hydrogen (secondary N) is 1. The van der Waals surface area contributed by atoms with Gasteiger partial charge in [0.1, 0.15) is 5.60 Å². The van der Waals surface area contributed by atoms with Gasteiger partial charge in [-0.2, -0.15) is 5.26 Å². The Morgan fingerprint density at radius 2 is 2.12 bits per heavy atom. The van der Waals surface area contributed by atoms with Gasteiger partial charge in [0.2, 0.25) is 0 Å². The third-order valence-corrected chi connectivity index (χ3v) is 2.37. The van der Waals surface area contributed by atoms with Crippen LogP contribution in [0.5, 0.6) is 0 Å². The highest BCUT2D eigenvalue weighted by atomic mass is 16.6. The Kier molecular flexibility index (Phi) is 3.76. The summed E-state index contributed by atoms with van der Waals surface area (Å²) in [5, 5.41) is 11.7. The zero-order valence-electron chi connectivity index (χ0n) is 10.3. The molecule has 0 radical (unpaired) electrons. The van der Waals surface area contributed by atoms with E-state index >= 15 is 0 Å². The van der Waals surface area contributed by atoms with Crippen molar-refractivity contribution in [3.8, 4) is 6.07 Å². The number of ether oxygens (including phenoxy) is 1. The minimum absolute atomic E-state index is 0.134. The van der Waals surface area contributed by atoms with Crippen LogP contribution in [0.3, 0.4) is 0 Å². The predicted molar refractivity (Wildman–Crippen MR) is 59.8 cm³/mol. The van der Waals surface area contributed by atoms with Crippen LogP contribution < -0.4 is 5.32 Å². The largest absolute Gasteiger partial charge is 0.444 e. The summed E-state index contributed by atoms with van der Waals surface area (Å²) in [6.07, 6.45) is -0.451. The third-order valence-electron chi connectivity index (χ3n) is 2.37. The van der Waals surface area contributed by atoms with Crippen LogP contribution in [-0.2, 0) is 4.74 Å². The number of alkyl carbamates (subject to hydrolysis) is 1. The maximum absolute atomic E-state index is 11.5. The molecule has 0 aromatic heterocycles. The summed E-state index contributed by atoms with van der Waals surface area (Å²) in [5.74, 6) is -0.155. The first-order valence-electron chi connectivity index (χ1n) is 5.39. The van der Waals surface area contributed by atoms with Gasteiger partial charge in [0.15, 0.2) is 0 Å². The van der Waals surface area contributed by atoms with Gasteiger partial charge in [0.25, 0.3) is 0 Å². The van der Waals surface area contributed by atoms with Crippen molar-refractivity contribution < 1.29 is 9.53 Å². The molecular weight excluding hydrogens is 206 g/mol. The standard InChI is InChI=1S/C11H19N3O2/c1-11(2,3)16-10(15)13-9-7-14(4)6-8(9)5-12/h8-9H,6-7H2,1-4H3,(H,13,15). The van der Waals surface area contributed by atoms with Crippen LogP contribution in [0.4, 0.5) is 4.79 Å². The molecule has 1 amide bonds. The van der Waals surface area contributed by atoms with E-state index in [0.29, 0.717) is 13.1 Å². The van der Waals surface area contributed by atoms with Crippen molar-refractivity contribution in [3.63, 3.8) is 0 Å². The fraction of sp³-hybridized carbons (Fsp3) is 0.818. The Morgan fingerprint density at radius 3 is 2.62 bits per heavy atom. The number of carbonyl (C=O) groups is 1. The maximum atomic E-state index is 11.5. The summed E-state index contributed by atoms with van der Waals surface area (Å²) in [6, 6.07) is 2.07. The molecular formula is C11H19N3O2. The number of carbonyl (C=O) groups excluding carboxylic acids is 1. The van der Waals surface area contributed by atoms with Crippen LogP contribution in [0.15, 0.2) is 0 Å². The summed E-state index contributed by atoms with van der Waals surface area (Å²) in [5.41, 5.74) is -0.503. The van der Waals surface area contributed by atoms with Gasteiger partial charge in [0, 0.05) is 13.1 Å². The number of amides is 1. The lowest BCUT2D eigenvalue weighted by Gasteiger charge is -2.22. The van der Waals surface area contributed by atoms with Gasteiger partial charge in [-0.3, -0.25) is 0 Å². The zero-order valence-corrected chi connectivity index (χ0v) is 10.3. The van der Waals surface area contributed by atoms with Crippen LogP contribution in [0.1, 0.15) is 20.8 Å². The molecule has 1 aliphatic rings. The van der Waals surface area contributed by atoms with Crippen LogP contribution in [0.2, 0.25) is 0 Å². The summed E-state index contributed by atoms with van der Waals surface area (Å²) >= 11 is 0. The van der Waals surface area contributed by atoms with E-state index in [2.05, 4.69) is 11.4 Å². The molecule has 0 aromatic carbocycles. The minimum atomic E-state index is -0.503. The predicted octanol–water partition coefficient (Wildman–Crippen LogP) is 0.965. The SMILES string of the molecule is CN1CC(C#N)C(NC(=O)OC(C)(C)C)C1. The molecule has 1 heterocycles. The van der Waals surface area contributed by atoms with Crippen molar-refractivity contribution in [3.05, 3.63) is 0 Å². The van der Waals surface area contributed by atoms with E-state index in [4.69, 9.17) is 10.00 Å². The topological polar surface area (TPSA) is 65.4 Å². The molecule has 2 unspecified atom stereocenters. The van der Waals surface area contributed by atoms with Gasteiger partial charge >= 0.3 is 6.09 Å². The molecule has 0 aromatic rings. The van der Waals surface area contributed by atoms with E-state index in [1.165, 1.54) is 0 Å². The van der Waals surface area contributed by atoms with E-state index < -0.39 is 11.7 Å². The molecule has 1 N–H and O–H groups in total. The summed E-state index contributed by atoms with van der Waals surface area (Å²) in [6.45, 7) is 6.83. The Morgan fingerprint density at radius 1 is 1.50 bits per heavy atom. The van der Waals surface area contributed by atoms with E-state index in [9.17, 15) is 4.79 Å². The molecule has 0 bridgehead atoms. The molecule has 1 aliphatic heterocycles. The molecule has 16 heavy (non-hydrogen) atoms. The first-order valence-corrected chi connectivity index (χ1v) is 5.39. The van der Waals surface area contributed by atoms with Gasteiger partial charge in [0.05, 0.1) is 18.0 Å². The maximum Gasteiger partial charge on any atom is 0.407 e. The van der Waals surface area contributed by atoms with Crippen LogP contribution in [0.25, 0.3) is 0 Å². The van der Waals surface area contributed by atoms with Gasteiger partial charge in [-0.15, -0.1) is 0 Å². The zero-order chi connectivity index (χ0) is 12.3. The highest BCUT2D eigenvalue weighted by molar-refractivity contribution is 5.68. The molecule has 90 valence electrons. The van der Waals surface area contributed by atoms with Crippen molar-refractivity contribution in [1.82, 2.24) is 10.2 Å². The Balaban J connectivity index is 2.48. The Labute approximate surface area is 96.4 Å². The summed E-state index contributed by atoms with van der Waals surface area (Å²) < 4.78 is 5.15. The van der Waals surface area contributed by atoms with E-state index in [-0.39, 0.29) is 12.0 Å². The second-order valence-electron chi connectivity index (χ2n) is 5.21. The molecule has 1 saturated heterocycles. The van der Waals surface area contributed by atoms with Crippen molar-refractivity contribution in [2.75, 3.05) is 20.1 Å². The van der Waals surface area contributed by atoms with Crippen molar-refractivity contribution in [1.29, 1.82) is 5.26 Å². The van der Waals surface area contributed by atoms with Crippen LogP contribution in [0, 0.1) is 17.2 Å². The molecule has 0 spiro atoms. The van der Waals surface area contributed by atoms with Gasteiger partial charge in [-0.05, 0) is 27.8 Å². The number of hydrogen-bond donors (Lipinski definition) is 1. The highest BCUT2D eigenvalue weighted by Gasteiger charge is 2.33. The lowest BCUT2D eigenvalue weighted by molar-refractivity contribution is 0.0501. The third kappa shape index (κ3) is 3.70. The average molecular weight is 225 g/mol. The number of likely N-dealkylation sites (N-methyl/N-ethyl adjacent to an activating group) is 1. The molecule has 0 aliphatic carbocycles. The highest BCUT2D eigenvalue weighted by Crippen LogP contribution is 2.15. The Bertz CT molecular complexity index is 303. The second-order valence-corrected chi connectivity index (χ2v) is 5.21. The summed E-state index contributed by atoms with van der Waals surface area (Å²) in [4.78, 5) is 13.5.